The number of hydrogen-bond donors (Lipinski definition) is 0. The van der Waals surface area contributed by atoms with Gasteiger partial charge in [-0.1, -0.05) is 26.2 Å². The van der Waals surface area contributed by atoms with E-state index < -0.39 is 0 Å². The standard InChI is InChI=1S/C12H19O2/c1-2-3-4-5-11-10(8-9-13)6-7-12(11)14/h10-11H,2-8H2,1H3. The number of carbonyl (C=O) groups excluding carboxylic acids is 2. The third-order valence-electron chi connectivity index (χ3n) is 3.21. The minimum Gasteiger partial charge on any atom is -0.299 e. The van der Waals surface area contributed by atoms with Crippen LogP contribution < -0.4 is 0 Å². The fraction of sp³-hybridized carbons (Fsp3) is 0.833. The Balaban J connectivity index is 2.36. The number of rotatable bonds is 6. The van der Waals surface area contributed by atoms with Gasteiger partial charge in [0.25, 0.3) is 0 Å². The highest BCUT2D eigenvalue weighted by Gasteiger charge is 2.33. The summed E-state index contributed by atoms with van der Waals surface area (Å²) in [6.07, 6.45) is 8.49. The van der Waals surface area contributed by atoms with Crippen LogP contribution in [0.4, 0.5) is 0 Å². The molecule has 0 aromatic heterocycles. The predicted octanol–water partition coefficient (Wildman–Crippen LogP) is 2.66. The maximum absolute atomic E-state index is 11.5. The summed E-state index contributed by atoms with van der Waals surface area (Å²) in [7, 11) is 0. The Labute approximate surface area is 86.1 Å². The molecule has 0 aromatic rings. The van der Waals surface area contributed by atoms with Crippen molar-refractivity contribution in [2.75, 3.05) is 0 Å². The van der Waals surface area contributed by atoms with Crippen molar-refractivity contribution in [3.63, 3.8) is 0 Å². The summed E-state index contributed by atoms with van der Waals surface area (Å²) in [5, 5.41) is 0. The molecule has 1 aliphatic rings. The van der Waals surface area contributed by atoms with Crippen molar-refractivity contribution in [2.45, 2.75) is 51.9 Å². The Bertz CT molecular complexity index is 198. The van der Waals surface area contributed by atoms with E-state index in [0.717, 1.165) is 19.3 Å². The molecule has 0 bridgehead atoms. The van der Waals surface area contributed by atoms with Gasteiger partial charge in [-0.05, 0) is 18.8 Å². The molecule has 2 atom stereocenters. The zero-order valence-electron chi connectivity index (χ0n) is 8.92. The van der Waals surface area contributed by atoms with E-state index in [0.29, 0.717) is 24.5 Å². The van der Waals surface area contributed by atoms with Crippen molar-refractivity contribution in [1.82, 2.24) is 0 Å². The zero-order chi connectivity index (χ0) is 10.4. The lowest BCUT2D eigenvalue weighted by molar-refractivity contribution is -0.121. The molecular weight excluding hydrogens is 176 g/mol. The van der Waals surface area contributed by atoms with E-state index in [2.05, 4.69) is 6.92 Å². The Morgan fingerprint density at radius 2 is 2.21 bits per heavy atom. The number of hydrogen-bond acceptors (Lipinski definition) is 2. The van der Waals surface area contributed by atoms with Gasteiger partial charge in [0, 0.05) is 18.8 Å². The Morgan fingerprint density at radius 3 is 2.86 bits per heavy atom. The first-order valence-corrected chi connectivity index (χ1v) is 5.67. The summed E-state index contributed by atoms with van der Waals surface area (Å²) in [6.45, 7) is 2.16. The molecule has 0 saturated heterocycles. The van der Waals surface area contributed by atoms with Crippen molar-refractivity contribution in [1.29, 1.82) is 0 Å². The quantitative estimate of drug-likeness (QED) is 0.610. The van der Waals surface area contributed by atoms with Crippen LogP contribution in [0.1, 0.15) is 51.9 Å². The summed E-state index contributed by atoms with van der Waals surface area (Å²) in [4.78, 5) is 21.8. The van der Waals surface area contributed by atoms with Gasteiger partial charge in [-0.25, -0.2) is 0 Å². The van der Waals surface area contributed by atoms with Gasteiger partial charge in [0.15, 0.2) is 6.29 Å². The molecule has 0 N–H and O–H groups in total. The first-order valence-electron chi connectivity index (χ1n) is 5.67. The normalized spacial score (nSPS) is 26.8. The van der Waals surface area contributed by atoms with Crippen LogP contribution in [0.2, 0.25) is 0 Å². The summed E-state index contributed by atoms with van der Waals surface area (Å²) in [5.74, 6) is 0.848. The van der Waals surface area contributed by atoms with Crippen LogP contribution in [-0.4, -0.2) is 12.1 Å². The first kappa shape index (κ1) is 11.4. The van der Waals surface area contributed by atoms with Crippen LogP contribution >= 0.6 is 0 Å². The van der Waals surface area contributed by atoms with Crippen molar-refractivity contribution in [3.8, 4) is 0 Å². The molecule has 2 nitrogen and oxygen atoms in total. The highest BCUT2D eigenvalue weighted by molar-refractivity contribution is 5.83. The van der Waals surface area contributed by atoms with Crippen LogP contribution in [-0.2, 0) is 9.59 Å². The molecule has 79 valence electrons. The molecule has 0 amide bonds. The van der Waals surface area contributed by atoms with Crippen molar-refractivity contribution >= 4 is 12.1 Å². The van der Waals surface area contributed by atoms with E-state index in [1.54, 1.807) is 0 Å². The zero-order valence-corrected chi connectivity index (χ0v) is 8.92. The van der Waals surface area contributed by atoms with E-state index in [9.17, 15) is 9.59 Å². The molecule has 0 spiro atoms. The maximum Gasteiger partial charge on any atom is 0.198 e. The average Bonchev–Trinajstić information content (AvgIpc) is 2.50. The maximum atomic E-state index is 11.5. The van der Waals surface area contributed by atoms with Gasteiger partial charge >= 0.3 is 0 Å². The Kier molecular flexibility index (Phi) is 4.85. The predicted molar refractivity (Wildman–Crippen MR) is 55.7 cm³/mol. The summed E-state index contributed by atoms with van der Waals surface area (Å²) >= 11 is 0. The topological polar surface area (TPSA) is 34.1 Å². The second-order valence-electron chi connectivity index (χ2n) is 4.22. The van der Waals surface area contributed by atoms with Gasteiger partial charge in [0.05, 0.1) is 0 Å². The largest absolute Gasteiger partial charge is 0.299 e. The van der Waals surface area contributed by atoms with Crippen LogP contribution in [0.15, 0.2) is 0 Å². The lowest BCUT2D eigenvalue weighted by atomic mass is 9.88. The second kappa shape index (κ2) is 5.94. The SMILES string of the molecule is CCCCCC1C(=O)CCC1C[C]=O. The number of carbonyl (C=O) groups is 1. The van der Waals surface area contributed by atoms with E-state index in [4.69, 9.17) is 0 Å². The molecule has 0 aromatic carbocycles. The fourth-order valence-electron chi connectivity index (χ4n) is 2.34. The third kappa shape index (κ3) is 2.93. The Hall–Kier alpha value is -0.660. The number of ketones is 1. The van der Waals surface area contributed by atoms with Crippen LogP contribution in [0.3, 0.4) is 0 Å². The second-order valence-corrected chi connectivity index (χ2v) is 4.22. The molecule has 14 heavy (non-hydrogen) atoms. The lowest BCUT2D eigenvalue weighted by Gasteiger charge is -2.14. The van der Waals surface area contributed by atoms with Gasteiger partial charge in [0.2, 0.25) is 0 Å². The van der Waals surface area contributed by atoms with Gasteiger partial charge in [-0.15, -0.1) is 0 Å². The molecule has 2 unspecified atom stereocenters. The van der Waals surface area contributed by atoms with Gasteiger partial charge in [0.1, 0.15) is 5.78 Å². The highest BCUT2D eigenvalue weighted by atomic mass is 16.1. The van der Waals surface area contributed by atoms with E-state index in [1.807, 2.05) is 6.29 Å². The molecule has 0 aliphatic heterocycles. The first-order chi connectivity index (χ1) is 6.79. The summed E-state index contributed by atoms with van der Waals surface area (Å²) < 4.78 is 0. The molecular formula is C12H19O2. The summed E-state index contributed by atoms with van der Waals surface area (Å²) in [6, 6.07) is 0. The molecule has 1 saturated carbocycles. The van der Waals surface area contributed by atoms with E-state index in [-0.39, 0.29) is 5.92 Å². The van der Waals surface area contributed by atoms with Crippen LogP contribution in [0.5, 0.6) is 0 Å². The third-order valence-corrected chi connectivity index (χ3v) is 3.21. The lowest BCUT2D eigenvalue weighted by Crippen LogP contribution is -2.15. The molecule has 2 heteroatoms. The number of Topliss-reactive ketones (excluding diaryl/α,β-unsaturated/α-hetero) is 1. The van der Waals surface area contributed by atoms with Gasteiger partial charge in [-0.3, -0.25) is 9.59 Å². The minimum absolute atomic E-state index is 0.169. The highest BCUT2D eigenvalue weighted by Crippen LogP contribution is 2.34. The van der Waals surface area contributed by atoms with Crippen molar-refractivity contribution < 1.29 is 9.59 Å². The van der Waals surface area contributed by atoms with Gasteiger partial charge < -0.3 is 0 Å². The minimum atomic E-state index is 0.169. The van der Waals surface area contributed by atoms with Gasteiger partial charge in [-0.2, -0.15) is 0 Å². The molecule has 1 radical (unpaired) electrons. The van der Waals surface area contributed by atoms with Crippen LogP contribution in [0, 0.1) is 11.8 Å². The molecule has 1 aliphatic carbocycles. The molecule has 1 rings (SSSR count). The Morgan fingerprint density at radius 1 is 1.43 bits per heavy atom. The van der Waals surface area contributed by atoms with E-state index in [1.165, 1.54) is 12.8 Å². The summed E-state index contributed by atoms with van der Waals surface area (Å²) in [5.41, 5.74) is 0. The molecule has 0 heterocycles. The molecule has 1 fully saturated rings. The monoisotopic (exact) mass is 195 g/mol. The van der Waals surface area contributed by atoms with Crippen LogP contribution in [0.25, 0.3) is 0 Å². The van der Waals surface area contributed by atoms with E-state index >= 15 is 0 Å². The van der Waals surface area contributed by atoms with Crippen molar-refractivity contribution in [2.24, 2.45) is 11.8 Å². The number of unbranched alkanes of at least 4 members (excludes halogenated alkanes) is 2. The van der Waals surface area contributed by atoms with Crippen molar-refractivity contribution in [3.05, 3.63) is 0 Å². The smallest absolute Gasteiger partial charge is 0.198 e. The fourth-order valence-corrected chi connectivity index (χ4v) is 2.34. The average molecular weight is 195 g/mol.